The molecule has 0 bridgehead atoms. The number of hydrogen-bond donors (Lipinski definition) is 0. The Morgan fingerprint density at radius 3 is 2.23 bits per heavy atom. The van der Waals surface area contributed by atoms with Gasteiger partial charge in [0.2, 0.25) is 0 Å². The first-order valence-corrected chi connectivity index (χ1v) is 5.44. The molecule has 0 radical (unpaired) electrons. The van der Waals surface area contributed by atoms with Gasteiger partial charge in [-0.2, -0.15) is 5.26 Å². The molecule has 2 heteroatoms. The van der Waals surface area contributed by atoms with Crippen molar-refractivity contribution in [2.45, 2.75) is 38.5 Å². The number of nitriles is 1. The molecule has 1 heterocycles. The Hall–Kier alpha value is -0.550. The molecule has 2 aliphatic rings. The molecule has 0 aromatic heterocycles. The van der Waals surface area contributed by atoms with Crippen molar-refractivity contribution in [3.63, 3.8) is 0 Å². The predicted octanol–water partition coefficient (Wildman–Crippen LogP) is 2.17. The smallest absolute Gasteiger partial charge is 0.0865 e. The maximum Gasteiger partial charge on any atom is 0.0865 e. The Labute approximate surface area is 80.5 Å². The van der Waals surface area contributed by atoms with Crippen LogP contribution >= 0.6 is 0 Å². The zero-order valence-electron chi connectivity index (χ0n) is 8.26. The van der Waals surface area contributed by atoms with Gasteiger partial charge >= 0.3 is 0 Å². The van der Waals surface area contributed by atoms with Crippen molar-refractivity contribution in [3.8, 4) is 6.07 Å². The van der Waals surface area contributed by atoms with E-state index in [0.29, 0.717) is 12.0 Å². The first kappa shape index (κ1) is 9.02. The summed E-state index contributed by atoms with van der Waals surface area (Å²) >= 11 is 0. The van der Waals surface area contributed by atoms with Gasteiger partial charge in [-0.3, -0.25) is 4.90 Å². The normalized spacial score (nSPS) is 27.6. The van der Waals surface area contributed by atoms with Crippen LogP contribution in [-0.2, 0) is 0 Å². The lowest BCUT2D eigenvalue weighted by atomic mass is 9.77. The van der Waals surface area contributed by atoms with Crippen LogP contribution in [0.4, 0.5) is 0 Å². The Morgan fingerprint density at radius 2 is 1.69 bits per heavy atom. The number of rotatable bonds is 1. The molecule has 0 aromatic carbocycles. The van der Waals surface area contributed by atoms with Crippen molar-refractivity contribution in [1.82, 2.24) is 4.90 Å². The molecule has 0 amide bonds. The van der Waals surface area contributed by atoms with Gasteiger partial charge in [-0.05, 0) is 44.2 Å². The molecule has 0 aromatic rings. The summed E-state index contributed by atoms with van der Waals surface area (Å²) in [4.78, 5) is 2.30. The summed E-state index contributed by atoms with van der Waals surface area (Å²) in [6.45, 7) is 2.96. The van der Waals surface area contributed by atoms with Gasteiger partial charge in [-0.25, -0.2) is 0 Å². The van der Waals surface area contributed by atoms with Gasteiger partial charge < -0.3 is 0 Å². The maximum atomic E-state index is 8.58. The molecule has 0 N–H and O–H groups in total. The average Bonchev–Trinajstić information content (AvgIpc) is 2.59. The van der Waals surface area contributed by atoms with Gasteiger partial charge in [0, 0.05) is 0 Å². The Bertz CT molecular complexity index is 201. The second-order valence-corrected chi connectivity index (χ2v) is 4.64. The third kappa shape index (κ3) is 1.86. The summed E-state index contributed by atoms with van der Waals surface area (Å²) < 4.78 is 0. The second-order valence-electron chi connectivity index (χ2n) is 4.64. The third-order valence-electron chi connectivity index (χ3n) is 3.88. The standard InChI is InChI=1S/C11H18N2/c12-7-10-13-8-5-11(6-9-13)3-1-2-4-11/h1-6,8-10H2. The Morgan fingerprint density at radius 1 is 1.08 bits per heavy atom. The second kappa shape index (κ2) is 3.67. The molecule has 2 nitrogen and oxygen atoms in total. The summed E-state index contributed by atoms with van der Waals surface area (Å²) in [5.41, 5.74) is 0.700. The van der Waals surface area contributed by atoms with E-state index in [0.717, 1.165) is 13.1 Å². The third-order valence-corrected chi connectivity index (χ3v) is 3.88. The van der Waals surface area contributed by atoms with Gasteiger partial charge in [0.25, 0.3) is 0 Å². The highest BCUT2D eigenvalue weighted by atomic mass is 15.1. The van der Waals surface area contributed by atoms with Crippen LogP contribution in [0.15, 0.2) is 0 Å². The molecule has 1 aliphatic heterocycles. The van der Waals surface area contributed by atoms with E-state index in [9.17, 15) is 0 Å². The van der Waals surface area contributed by atoms with E-state index in [-0.39, 0.29) is 0 Å². The van der Waals surface area contributed by atoms with Crippen LogP contribution in [0.3, 0.4) is 0 Å². The Balaban J connectivity index is 1.85. The van der Waals surface area contributed by atoms with Crippen molar-refractivity contribution in [2.24, 2.45) is 5.41 Å². The van der Waals surface area contributed by atoms with Crippen molar-refractivity contribution in [1.29, 1.82) is 5.26 Å². The first-order chi connectivity index (χ1) is 6.35. The van der Waals surface area contributed by atoms with Crippen molar-refractivity contribution in [3.05, 3.63) is 0 Å². The van der Waals surface area contributed by atoms with Gasteiger partial charge in [0.15, 0.2) is 0 Å². The molecule has 2 fully saturated rings. The minimum absolute atomic E-state index is 0.635. The monoisotopic (exact) mass is 178 g/mol. The highest BCUT2D eigenvalue weighted by Crippen LogP contribution is 2.45. The molecule has 72 valence electrons. The predicted molar refractivity (Wildman–Crippen MR) is 52.2 cm³/mol. The van der Waals surface area contributed by atoms with Gasteiger partial charge in [0.1, 0.15) is 0 Å². The highest BCUT2D eigenvalue weighted by Gasteiger charge is 2.36. The summed E-state index contributed by atoms with van der Waals surface area (Å²) in [7, 11) is 0. The number of nitrogens with zero attached hydrogens (tertiary/aromatic N) is 2. The summed E-state index contributed by atoms with van der Waals surface area (Å²) in [5.74, 6) is 0. The summed E-state index contributed by atoms with van der Waals surface area (Å²) in [6, 6.07) is 2.24. The molecule has 1 saturated heterocycles. The largest absolute Gasteiger partial charge is 0.291 e. The zero-order chi connectivity index (χ0) is 9.15. The van der Waals surface area contributed by atoms with Crippen LogP contribution in [0.25, 0.3) is 0 Å². The van der Waals surface area contributed by atoms with Gasteiger partial charge in [0.05, 0.1) is 12.6 Å². The van der Waals surface area contributed by atoms with Crippen LogP contribution in [0.1, 0.15) is 38.5 Å². The van der Waals surface area contributed by atoms with E-state index in [2.05, 4.69) is 11.0 Å². The van der Waals surface area contributed by atoms with E-state index in [1.807, 2.05) is 0 Å². The molecule has 2 rings (SSSR count). The van der Waals surface area contributed by atoms with Crippen LogP contribution < -0.4 is 0 Å². The topological polar surface area (TPSA) is 27.0 Å². The minimum Gasteiger partial charge on any atom is -0.291 e. The molecule has 1 saturated carbocycles. The van der Waals surface area contributed by atoms with Crippen molar-refractivity contribution >= 4 is 0 Å². The number of hydrogen-bond acceptors (Lipinski definition) is 2. The first-order valence-electron chi connectivity index (χ1n) is 5.44. The lowest BCUT2D eigenvalue weighted by molar-refractivity contribution is 0.119. The number of likely N-dealkylation sites (tertiary alicyclic amines) is 1. The number of piperidine rings is 1. The fourth-order valence-corrected chi connectivity index (χ4v) is 2.91. The molecule has 13 heavy (non-hydrogen) atoms. The Kier molecular flexibility index (Phi) is 2.55. The maximum absolute atomic E-state index is 8.58. The summed E-state index contributed by atoms with van der Waals surface area (Å²) in [5, 5.41) is 8.58. The SMILES string of the molecule is N#CCN1CCC2(CCCC2)CC1. The van der Waals surface area contributed by atoms with Crippen LogP contribution in [0, 0.1) is 16.7 Å². The molecule has 1 spiro atoms. The van der Waals surface area contributed by atoms with Gasteiger partial charge in [-0.15, -0.1) is 0 Å². The van der Waals surface area contributed by atoms with Crippen molar-refractivity contribution in [2.75, 3.05) is 19.6 Å². The average molecular weight is 178 g/mol. The molecule has 0 atom stereocenters. The minimum atomic E-state index is 0.635. The quantitative estimate of drug-likeness (QED) is 0.575. The van der Waals surface area contributed by atoms with Crippen LogP contribution in [0.2, 0.25) is 0 Å². The van der Waals surface area contributed by atoms with Crippen LogP contribution in [0.5, 0.6) is 0 Å². The fourth-order valence-electron chi connectivity index (χ4n) is 2.91. The molecule has 1 aliphatic carbocycles. The summed E-state index contributed by atoms with van der Waals surface area (Å²) in [6.07, 6.45) is 8.47. The van der Waals surface area contributed by atoms with E-state index in [1.165, 1.54) is 38.5 Å². The van der Waals surface area contributed by atoms with Gasteiger partial charge in [-0.1, -0.05) is 12.8 Å². The fraction of sp³-hybridized carbons (Fsp3) is 0.909. The van der Waals surface area contributed by atoms with E-state index >= 15 is 0 Å². The molecular formula is C11H18N2. The van der Waals surface area contributed by atoms with E-state index in [4.69, 9.17) is 5.26 Å². The molecular weight excluding hydrogens is 160 g/mol. The van der Waals surface area contributed by atoms with E-state index in [1.54, 1.807) is 0 Å². The van der Waals surface area contributed by atoms with Crippen LogP contribution in [-0.4, -0.2) is 24.5 Å². The molecule has 0 unspecified atom stereocenters. The highest BCUT2D eigenvalue weighted by molar-refractivity contribution is 4.91. The zero-order valence-corrected chi connectivity index (χ0v) is 8.26. The lowest BCUT2D eigenvalue weighted by Gasteiger charge is -2.38. The van der Waals surface area contributed by atoms with E-state index < -0.39 is 0 Å². The lowest BCUT2D eigenvalue weighted by Crippen LogP contribution is -2.38. The van der Waals surface area contributed by atoms with Crippen molar-refractivity contribution < 1.29 is 0 Å².